The van der Waals surface area contributed by atoms with Crippen LogP contribution in [0.2, 0.25) is 0 Å². The van der Waals surface area contributed by atoms with Crippen molar-refractivity contribution in [3.63, 3.8) is 0 Å². The molecule has 1 saturated heterocycles. The number of nitrogens with zero attached hydrogens (tertiary/aromatic N) is 7. The Kier molecular flexibility index (Phi) is 5.04. The van der Waals surface area contributed by atoms with Gasteiger partial charge >= 0.3 is 0 Å². The standard InChI is InChI=1S/C22H28N8O2/c1-4-16(21(31)29-10-22(32,11-29)15-6-7-15)27-18-17-20(26-12-25-18)30(5-2)19(28-17)14-8-23-13(3)24-9-14/h8-9,12,15-16,32H,4-7,10-11H2,1-3H3,(H,25,26,27). The zero-order chi connectivity index (χ0) is 22.5. The van der Waals surface area contributed by atoms with Crippen LogP contribution in [0.15, 0.2) is 18.7 Å². The number of β-amino-alcohol motifs (C(OH)–C–C–N with tert-alkyl or cyclic N) is 1. The number of likely N-dealkylation sites (tertiary alicyclic amines) is 1. The fraction of sp³-hybridized carbons (Fsp3) is 0.545. The van der Waals surface area contributed by atoms with Gasteiger partial charge < -0.3 is 19.9 Å². The Balaban J connectivity index is 1.42. The number of anilines is 1. The largest absolute Gasteiger partial charge is 0.386 e. The van der Waals surface area contributed by atoms with Crippen molar-refractivity contribution in [1.82, 2.24) is 34.4 Å². The summed E-state index contributed by atoms with van der Waals surface area (Å²) in [5.41, 5.74) is 1.40. The molecule has 10 heteroatoms. The summed E-state index contributed by atoms with van der Waals surface area (Å²) in [6, 6.07) is -0.449. The van der Waals surface area contributed by atoms with E-state index in [0.717, 1.165) is 18.4 Å². The second-order valence-electron chi connectivity index (χ2n) is 8.77. The van der Waals surface area contributed by atoms with Crippen molar-refractivity contribution >= 4 is 22.9 Å². The Bertz CT molecular complexity index is 1150. The lowest BCUT2D eigenvalue weighted by Gasteiger charge is -2.48. The zero-order valence-electron chi connectivity index (χ0n) is 18.6. The van der Waals surface area contributed by atoms with Gasteiger partial charge in [0.15, 0.2) is 17.0 Å². The van der Waals surface area contributed by atoms with Crippen LogP contribution < -0.4 is 5.32 Å². The molecule has 1 atom stereocenters. The third-order valence-corrected chi connectivity index (χ3v) is 6.48. The van der Waals surface area contributed by atoms with Crippen LogP contribution in [0.1, 0.15) is 38.9 Å². The molecule has 1 saturated carbocycles. The van der Waals surface area contributed by atoms with Gasteiger partial charge in [-0.15, -0.1) is 0 Å². The molecule has 5 rings (SSSR count). The van der Waals surface area contributed by atoms with Crippen LogP contribution in [0.5, 0.6) is 0 Å². The molecule has 4 heterocycles. The van der Waals surface area contributed by atoms with Crippen LogP contribution in [-0.2, 0) is 11.3 Å². The molecule has 1 aliphatic heterocycles. The summed E-state index contributed by atoms with van der Waals surface area (Å²) in [5, 5.41) is 13.9. The first kappa shape index (κ1) is 20.7. The van der Waals surface area contributed by atoms with Crippen LogP contribution >= 0.6 is 0 Å². The van der Waals surface area contributed by atoms with Crippen molar-refractivity contribution in [3.8, 4) is 11.4 Å². The van der Waals surface area contributed by atoms with Crippen LogP contribution in [-0.4, -0.2) is 70.1 Å². The molecule has 1 amide bonds. The van der Waals surface area contributed by atoms with E-state index in [1.54, 1.807) is 17.3 Å². The molecule has 2 N–H and O–H groups in total. The Morgan fingerprint density at radius 3 is 2.56 bits per heavy atom. The van der Waals surface area contributed by atoms with Gasteiger partial charge in [0, 0.05) is 18.9 Å². The number of hydrogen-bond acceptors (Lipinski definition) is 8. The number of nitrogens with one attached hydrogen (secondary N) is 1. The first-order valence-electron chi connectivity index (χ1n) is 11.2. The molecular formula is C22H28N8O2. The van der Waals surface area contributed by atoms with Crippen molar-refractivity contribution in [2.24, 2.45) is 5.92 Å². The van der Waals surface area contributed by atoms with Gasteiger partial charge in [0.1, 0.15) is 29.6 Å². The van der Waals surface area contributed by atoms with Gasteiger partial charge in [0.25, 0.3) is 0 Å². The van der Waals surface area contributed by atoms with Crippen molar-refractivity contribution < 1.29 is 9.90 Å². The molecule has 2 fully saturated rings. The molecule has 0 bridgehead atoms. The van der Waals surface area contributed by atoms with Gasteiger partial charge in [0.05, 0.1) is 18.7 Å². The predicted molar refractivity (Wildman–Crippen MR) is 119 cm³/mol. The van der Waals surface area contributed by atoms with Crippen LogP contribution in [0, 0.1) is 12.8 Å². The smallest absolute Gasteiger partial charge is 0.245 e. The highest BCUT2D eigenvalue weighted by Crippen LogP contribution is 2.44. The van der Waals surface area contributed by atoms with Crippen LogP contribution in [0.3, 0.4) is 0 Å². The number of carbonyl (C=O) groups excluding carboxylic acids is 1. The van der Waals surface area contributed by atoms with E-state index >= 15 is 0 Å². The number of rotatable bonds is 7. The predicted octanol–water partition coefficient (Wildman–Crippen LogP) is 1.79. The third-order valence-electron chi connectivity index (χ3n) is 6.48. The molecule has 1 unspecified atom stereocenters. The Morgan fingerprint density at radius 1 is 1.22 bits per heavy atom. The summed E-state index contributed by atoms with van der Waals surface area (Å²) in [4.78, 5) is 37.0. The molecule has 2 aliphatic rings. The molecule has 168 valence electrons. The van der Waals surface area contributed by atoms with Gasteiger partial charge in [-0.25, -0.2) is 24.9 Å². The lowest BCUT2D eigenvalue weighted by Crippen LogP contribution is -2.66. The number of amides is 1. The SMILES string of the molecule is CCC(Nc1ncnc2c1nc(-c1cnc(C)nc1)n2CC)C(=O)N1CC(O)(C2CC2)C1. The average Bonchev–Trinajstić information content (AvgIpc) is 3.56. The molecule has 3 aromatic heterocycles. The van der Waals surface area contributed by atoms with Gasteiger partial charge in [-0.05, 0) is 39.0 Å². The highest BCUT2D eigenvalue weighted by atomic mass is 16.3. The van der Waals surface area contributed by atoms with Crippen molar-refractivity contribution in [1.29, 1.82) is 0 Å². The van der Waals surface area contributed by atoms with E-state index in [1.165, 1.54) is 6.33 Å². The van der Waals surface area contributed by atoms with Gasteiger partial charge in [0.2, 0.25) is 5.91 Å². The molecule has 32 heavy (non-hydrogen) atoms. The summed E-state index contributed by atoms with van der Waals surface area (Å²) >= 11 is 0. The van der Waals surface area contributed by atoms with Gasteiger partial charge in [-0.2, -0.15) is 0 Å². The molecule has 0 radical (unpaired) electrons. The maximum Gasteiger partial charge on any atom is 0.245 e. The fourth-order valence-electron chi connectivity index (χ4n) is 4.44. The van der Waals surface area contributed by atoms with Gasteiger partial charge in [-0.1, -0.05) is 6.92 Å². The monoisotopic (exact) mass is 436 g/mol. The lowest BCUT2D eigenvalue weighted by atomic mass is 9.88. The minimum Gasteiger partial charge on any atom is -0.386 e. The minimum atomic E-state index is -0.693. The van der Waals surface area contributed by atoms with E-state index in [-0.39, 0.29) is 5.91 Å². The van der Waals surface area contributed by atoms with Gasteiger partial charge in [-0.3, -0.25) is 4.79 Å². The van der Waals surface area contributed by atoms with E-state index in [9.17, 15) is 9.90 Å². The second kappa shape index (κ2) is 7.77. The summed E-state index contributed by atoms with van der Waals surface area (Å²) in [6.45, 7) is 7.32. The van der Waals surface area contributed by atoms with E-state index in [0.29, 0.717) is 60.6 Å². The lowest BCUT2D eigenvalue weighted by molar-refractivity contribution is -0.160. The first-order valence-corrected chi connectivity index (χ1v) is 11.2. The molecule has 3 aromatic rings. The minimum absolute atomic E-state index is 0.0216. The molecule has 0 spiro atoms. The number of imidazole rings is 1. The highest BCUT2D eigenvalue weighted by Gasteiger charge is 2.53. The van der Waals surface area contributed by atoms with Crippen molar-refractivity contribution in [2.45, 2.75) is 58.2 Å². The molecule has 1 aliphatic carbocycles. The number of aromatic nitrogens is 6. The van der Waals surface area contributed by atoms with Crippen LogP contribution in [0.25, 0.3) is 22.6 Å². The number of carbonyl (C=O) groups is 1. The Morgan fingerprint density at radius 2 is 1.94 bits per heavy atom. The zero-order valence-corrected chi connectivity index (χ0v) is 18.6. The quantitative estimate of drug-likeness (QED) is 0.575. The molecular weight excluding hydrogens is 408 g/mol. The highest BCUT2D eigenvalue weighted by molar-refractivity contribution is 5.90. The Hall–Kier alpha value is -3.14. The number of hydrogen-bond donors (Lipinski definition) is 2. The molecule has 0 aromatic carbocycles. The van der Waals surface area contributed by atoms with E-state index in [2.05, 4.69) is 25.3 Å². The van der Waals surface area contributed by atoms with E-state index < -0.39 is 11.6 Å². The van der Waals surface area contributed by atoms with E-state index in [1.807, 2.05) is 25.3 Å². The number of fused-ring (bicyclic) bond motifs is 1. The maximum atomic E-state index is 13.1. The molecule has 10 nitrogen and oxygen atoms in total. The number of aryl methyl sites for hydroxylation is 2. The normalized spacial score (nSPS) is 18.4. The fourth-order valence-corrected chi connectivity index (χ4v) is 4.44. The third kappa shape index (κ3) is 3.48. The Labute approximate surface area is 186 Å². The second-order valence-corrected chi connectivity index (χ2v) is 8.77. The average molecular weight is 437 g/mol. The first-order chi connectivity index (χ1) is 15.4. The van der Waals surface area contributed by atoms with Crippen molar-refractivity contribution in [3.05, 3.63) is 24.5 Å². The van der Waals surface area contributed by atoms with Crippen LogP contribution in [0.4, 0.5) is 5.82 Å². The summed E-state index contributed by atoms with van der Waals surface area (Å²) in [7, 11) is 0. The van der Waals surface area contributed by atoms with Crippen molar-refractivity contribution in [2.75, 3.05) is 18.4 Å². The summed E-state index contributed by atoms with van der Waals surface area (Å²) < 4.78 is 1.99. The van der Waals surface area contributed by atoms with E-state index in [4.69, 9.17) is 4.98 Å². The topological polar surface area (TPSA) is 122 Å². The summed E-state index contributed by atoms with van der Waals surface area (Å²) in [5.74, 6) is 2.26. The maximum absolute atomic E-state index is 13.1. The number of aliphatic hydroxyl groups is 1. The summed E-state index contributed by atoms with van der Waals surface area (Å²) in [6.07, 6.45) is 7.69.